The predicted molar refractivity (Wildman–Crippen MR) is 96.9 cm³/mol. The molecule has 2 aliphatic carbocycles. The van der Waals surface area contributed by atoms with Crippen molar-refractivity contribution in [2.45, 2.75) is 77.6 Å². The first-order valence-electron chi connectivity index (χ1n) is 10.4. The van der Waals surface area contributed by atoms with Crippen molar-refractivity contribution in [1.29, 1.82) is 0 Å². The summed E-state index contributed by atoms with van der Waals surface area (Å²) in [5.41, 5.74) is 0. The second kappa shape index (κ2) is 8.60. The normalized spacial score (nSPS) is 33.3. The second-order valence-corrected chi connectivity index (χ2v) is 8.73. The largest absolute Gasteiger partial charge is 0.299 e. The molecule has 1 heterocycles. The second-order valence-electron chi connectivity index (χ2n) is 8.73. The topological polar surface area (TPSA) is 37.4 Å². The zero-order chi connectivity index (χ0) is 16.9. The summed E-state index contributed by atoms with van der Waals surface area (Å²) in [5.74, 6) is 2.54. The first-order chi connectivity index (χ1) is 11.6. The lowest BCUT2D eigenvalue weighted by atomic mass is 9.79. The number of hydrogen-bond acceptors (Lipinski definition) is 3. The van der Waals surface area contributed by atoms with Gasteiger partial charge in [0.25, 0.3) is 0 Å². The van der Waals surface area contributed by atoms with Crippen LogP contribution in [0.25, 0.3) is 0 Å². The van der Waals surface area contributed by atoms with Crippen molar-refractivity contribution in [3.8, 4) is 0 Å². The molecular weight excluding hydrogens is 298 g/mol. The van der Waals surface area contributed by atoms with Crippen LogP contribution in [-0.2, 0) is 9.59 Å². The van der Waals surface area contributed by atoms with Crippen LogP contribution in [0.4, 0.5) is 0 Å². The minimum absolute atomic E-state index is 0.195. The number of likely N-dealkylation sites (tertiary alicyclic amines) is 1. The third kappa shape index (κ3) is 4.68. The summed E-state index contributed by atoms with van der Waals surface area (Å²) in [6.07, 6.45) is 12.7. The van der Waals surface area contributed by atoms with Crippen LogP contribution in [0.2, 0.25) is 0 Å². The molecule has 3 heteroatoms. The molecule has 0 spiro atoms. The van der Waals surface area contributed by atoms with Crippen molar-refractivity contribution >= 4 is 11.6 Å². The van der Waals surface area contributed by atoms with Gasteiger partial charge in [-0.1, -0.05) is 39.0 Å². The molecule has 0 bridgehead atoms. The van der Waals surface area contributed by atoms with Gasteiger partial charge in [-0.25, -0.2) is 0 Å². The molecule has 3 rings (SSSR count). The van der Waals surface area contributed by atoms with Crippen LogP contribution < -0.4 is 0 Å². The fraction of sp³-hybridized carbons (Fsp3) is 0.905. The molecule has 0 radical (unpaired) electrons. The van der Waals surface area contributed by atoms with Crippen molar-refractivity contribution in [2.75, 3.05) is 19.6 Å². The summed E-state index contributed by atoms with van der Waals surface area (Å²) in [6.45, 7) is 4.73. The van der Waals surface area contributed by atoms with Crippen molar-refractivity contribution in [2.24, 2.45) is 23.7 Å². The average molecular weight is 334 g/mol. The van der Waals surface area contributed by atoms with Crippen LogP contribution in [-0.4, -0.2) is 36.1 Å². The van der Waals surface area contributed by atoms with Gasteiger partial charge in [-0.3, -0.25) is 14.5 Å². The highest BCUT2D eigenvalue weighted by molar-refractivity contribution is 5.85. The van der Waals surface area contributed by atoms with Gasteiger partial charge in [0.1, 0.15) is 11.6 Å². The first kappa shape index (κ1) is 18.1. The third-order valence-corrected chi connectivity index (χ3v) is 6.77. The molecule has 3 aliphatic rings. The van der Waals surface area contributed by atoms with Crippen LogP contribution in [0, 0.1) is 23.7 Å². The number of nitrogens with zero attached hydrogens (tertiary/aromatic N) is 1. The Balaban J connectivity index is 1.48. The zero-order valence-electron chi connectivity index (χ0n) is 15.5. The molecule has 3 nitrogen and oxygen atoms in total. The Morgan fingerprint density at radius 1 is 0.792 bits per heavy atom. The third-order valence-electron chi connectivity index (χ3n) is 6.77. The highest BCUT2D eigenvalue weighted by Gasteiger charge is 2.33. The smallest absolute Gasteiger partial charge is 0.149 e. The highest BCUT2D eigenvalue weighted by atomic mass is 16.1. The summed E-state index contributed by atoms with van der Waals surface area (Å²) in [5, 5.41) is 0. The fourth-order valence-electron chi connectivity index (χ4n) is 5.08. The maximum absolute atomic E-state index is 12.8. The predicted octanol–water partition coefficient (Wildman–Crippen LogP) is 4.24. The van der Waals surface area contributed by atoms with E-state index in [0.717, 1.165) is 57.5 Å². The lowest BCUT2D eigenvalue weighted by Gasteiger charge is -2.35. The molecule has 24 heavy (non-hydrogen) atoms. The van der Waals surface area contributed by atoms with Crippen LogP contribution >= 0.6 is 0 Å². The number of rotatable bonds is 5. The van der Waals surface area contributed by atoms with Crippen molar-refractivity contribution in [1.82, 2.24) is 4.90 Å². The van der Waals surface area contributed by atoms with Gasteiger partial charge >= 0.3 is 0 Å². The van der Waals surface area contributed by atoms with E-state index in [-0.39, 0.29) is 11.8 Å². The number of piperidine rings is 1. The molecular formula is C21H35NO2. The Bertz CT molecular complexity index is 433. The number of carbonyl (C=O) groups is 2. The summed E-state index contributed by atoms with van der Waals surface area (Å²) < 4.78 is 0. The van der Waals surface area contributed by atoms with Gasteiger partial charge in [0, 0.05) is 24.3 Å². The Hall–Kier alpha value is -0.700. The lowest BCUT2D eigenvalue weighted by molar-refractivity contribution is -0.131. The molecule has 0 N–H and O–H groups in total. The van der Waals surface area contributed by atoms with Crippen LogP contribution in [0.3, 0.4) is 0 Å². The summed E-state index contributed by atoms with van der Waals surface area (Å²) in [6, 6.07) is 0. The molecule has 1 saturated heterocycles. The van der Waals surface area contributed by atoms with E-state index in [2.05, 4.69) is 11.8 Å². The minimum Gasteiger partial charge on any atom is -0.299 e. The maximum Gasteiger partial charge on any atom is 0.149 e. The zero-order valence-corrected chi connectivity index (χ0v) is 15.5. The molecule has 0 amide bonds. The van der Waals surface area contributed by atoms with Crippen LogP contribution in [0.5, 0.6) is 0 Å². The number of hydrogen-bond donors (Lipinski definition) is 0. The summed E-state index contributed by atoms with van der Waals surface area (Å²) >= 11 is 0. The van der Waals surface area contributed by atoms with E-state index in [9.17, 15) is 9.59 Å². The first-order valence-corrected chi connectivity index (χ1v) is 10.4. The van der Waals surface area contributed by atoms with E-state index in [1.807, 2.05) is 0 Å². The van der Waals surface area contributed by atoms with E-state index in [1.165, 1.54) is 32.1 Å². The highest BCUT2D eigenvalue weighted by Crippen LogP contribution is 2.31. The van der Waals surface area contributed by atoms with E-state index in [1.54, 1.807) is 0 Å². The van der Waals surface area contributed by atoms with Gasteiger partial charge in [-0.05, 0) is 51.0 Å². The Morgan fingerprint density at radius 2 is 1.46 bits per heavy atom. The maximum atomic E-state index is 12.8. The molecule has 0 aromatic heterocycles. The van der Waals surface area contributed by atoms with Gasteiger partial charge in [0.05, 0.1) is 6.54 Å². The molecule has 2 saturated carbocycles. The summed E-state index contributed by atoms with van der Waals surface area (Å²) in [7, 11) is 0. The molecule has 0 aromatic rings. The van der Waals surface area contributed by atoms with E-state index in [4.69, 9.17) is 0 Å². The SMILES string of the molecule is CC1CCC(C(=O)CN2CCCC(C(=O)C3CCCCC3)C2)CC1. The molecule has 1 unspecified atom stereocenters. The molecule has 1 atom stereocenters. The van der Waals surface area contributed by atoms with E-state index in [0.29, 0.717) is 24.0 Å². The van der Waals surface area contributed by atoms with Crippen LogP contribution in [0.1, 0.15) is 77.6 Å². The van der Waals surface area contributed by atoms with Gasteiger partial charge in [-0.2, -0.15) is 0 Å². The van der Waals surface area contributed by atoms with E-state index >= 15 is 0 Å². The Kier molecular flexibility index (Phi) is 6.49. The van der Waals surface area contributed by atoms with Crippen molar-refractivity contribution in [3.05, 3.63) is 0 Å². The van der Waals surface area contributed by atoms with Gasteiger partial charge in [-0.15, -0.1) is 0 Å². The van der Waals surface area contributed by atoms with Crippen molar-refractivity contribution < 1.29 is 9.59 Å². The Morgan fingerprint density at radius 3 is 2.17 bits per heavy atom. The summed E-state index contributed by atoms with van der Waals surface area (Å²) in [4.78, 5) is 27.7. The van der Waals surface area contributed by atoms with Gasteiger partial charge < -0.3 is 0 Å². The minimum atomic E-state index is 0.195. The quantitative estimate of drug-likeness (QED) is 0.755. The lowest BCUT2D eigenvalue weighted by Crippen LogP contribution is -2.44. The molecule has 0 aromatic carbocycles. The van der Waals surface area contributed by atoms with E-state index < -0.39 is 0 Å². The molecule has 136 valence electrons. The number of Topliss-reactive ketones (excluding diaryl/α,β-unsaturated/α-hetero) is 2. The van der Waals surface area contributed by atoms with Gasteiger partial charge in [0.15, 0.2) is 0 Å². The Labute approximate surface area is 147 Å². The molecule has 1 aliphatic heterocycles. The fourth-order valence-corrected chi connectivity index (χ4v) is 5.08. The monoisotopic (exact) mass is 333 g/mol. The number of ketones is 2. The van der Waals surface area contributed by atoms with Crippen LogP contribution in [0.15, 0.2) is 0 Å². The number of carbonyl (C=O) groups excluding carboxylic acids is 2. The molecule has 3 fully saturated rings. The van der Waals surface area contributed by atoms with Gasteiger partial charge in [0.2, 0.25) is 0 Å². The standard InChI is InChI=1S/C21H35NO2/c1-16-9-11-17(12-10-16)20(23)15-22-13-5-8-19(14-22)21(24)18-6-3-2-4-7-18/h16-19H,2-15H2,1H3. The van der Waals surface area contributed by atoms with Crippen molar-refractivity contribution in [3.63, 3.8) is 0 Å². The average Bonchev–Trinajstić information content (AvgIpc) is 2.62.